The van der Waals surface area contributed by atoms with Gasteiger partial charge in [-0.15, -0.1) is 0 Å². The summed E-state index contributed by atoms with van der Waals surface area (Å²) in [6.45, 7) is 7.59. The Kier molecular flexibility index (Phi) is 6.16. The minimum absolute atomic E-state index is 0.148. The third kappa shape index (κ3) is 5.12. The zero-order valence-corrected chi connectivity index (χ0v) is 15.9. The van der Waals surface area contributed by atoms with Gasteiger partial charge in [0.05, 0.1) is 6.04 Å². The summed E-state index contributed by atoms with van der Waals surface area (Å²) in [7, 11) is 0. The second-order valence-electron chi connectivity index (χ2n) is 6.83. The lowest BCUT2D eigenvalue weighted by Crippen LogP contribution is -2.37. The van der Waals surface area contributed by atoms with Crippen molar-refractivity contribution in [3.63, 3.8) is 0 Å². The van der Waals surface area contributed by atoms with Gasteiger partial charge in [0.2, 0.25) is 5.89 Å². The van der Waals surface area contributed by atoms with Crippen LogP contribution in [0.2, 0.25) is 0 Å². The van der Waals surface area contributed by atoms with E-state index < -0.39 is 0 Å². The fourth-order valence-corrected chi connectivity index (χ4v) is 2.71. The Morgan fingerprint density at radius 1 is 1.19 bits per heavy atom. The molecule has 0 saturated carbocycles. The normalized spacial score (nSPS) is 14.1. The van der Waals surface area contributed by atoms with E-state index in [1.54, 1.807) is 0 Å². The van der Waals surface area contributed by atoms with E-state index in [0.29, 0.717) is 43.6 Å². The molecule has 0 fully saturated rings. The molecule has 146 valence electrons. The number of fused-ring (bicyclic) bond motifs is 1. The molecule has 2 aromatic rings. The molecule has 1 aliphatic heterocycles. The van der Waals surface area contributed by atoms with Crippen LogP contribution in [0.3, 0.4) is 0 Å². The SMILES string of the molecule is CC(C)c1noc(CCCNC(=O)NC(C)c2ccc3c(c2)OCCO3)n1. The maximum Gasteiger partial charge on any atom is 0.315 e. The standard InChI is InChI=1S/C19H26N4O4/c1-12(2)18-22-17(27-23-18)5-4-8-20-19(24)21-13(3)14-6-7-15-16(11-14)26-10-9-25-15/h6-7,11-13H,4-5,8-10H2,1-3H3,(H2,20,21,24). The van der Waals surface area contributed by atoms with E-state index in [9.17, 15) is 4.79 Å². The average Bonchev–Trinajstić information content (AvgIpc) is 3.14. The molecule has 0 saturated heterocycles. The van der Waals surface area contributed by atoms with Crippen molar-refractivity contribution in [2.45, 2.75) is 45.6 Å². The maximum atomic E-state index is 12.1. The number of ether oxygens (including phenoxy) is 2. The molecule has 3 rings (SSSR count). The lowest BCUT2D eigenvalue weighted by molar-refractivity contribution is 0.171. The van der Waals surface area contributed by atoms with E-state index in [1.165, 1.54) is 0 Å². The number of carbonyl (C=O) groups excluding carboxylic acids is 1. The van der Waals surface area contributed by atoms with Crippen LogP contribution in [-0.4, -0.2) is 35.9 Å². The molecule has 0 radical (unpaired) electrons. The highest BCUT2D eigenvalue weighted by Crippen LogP contribution is 2.32. The largest absolute Gasteiger partial charge is 0.486 e. The van der Waals surface area contributed by atoms with E-state index in [0.717, 1.165) is 17.7 Å². The second kappa shape index (κ2) is 8.75. The monoisotopic (exact) mass is 374 g/mol. The highest BCUT2D eigenvalue weighted by atomic mass is 16.6. The minimum Gasteiger partial charge on any atom is -0.486 e. The van der Waals surface area contributed by atoms with Crippen LogP contribution in [0.25, 0.3) is 0 Å². The summed E-state index contributed by atoms with van der Waals surface area (Å²) in [4.78, 5) is 16.4. The second-order valence-corrected chi connectivity index (χ2v) is 6.83. The molecule has 27 heavy (non-hydrogen) atoms. The number of amides is 2. The molecule has 8 heteroatoms. The molecule has 1 aromatic heterocycles. The topological polar surface area (TPSA) is 98.5 Å². The van der Waals surface area contributed by atoms with Gasteiger partial charge in [0, 0.05) is 18.9 Å². The Hall–Kier alpha value is -2.77. The Bertz CT molecular complexity index is 775. The predicted molar refractivity (Wildman–Crippen MR) is 99.1 cm³/mol. The summed E-state index contributed by atoms with van der Waals surface area (Å²) in [6.07, 6.45) is 1.36. The highest BCUT2D eigenvalue weighted by Gasteiger charge is 2.16. The van der Waals surface area contributed by atoms with Crippen LogP contribution in [0.5, 0.6) is 11.5 Å². The molecule has 0 bridgehead atoms. The Morgan fingerprint density at radius 3 is 2.70 bits per heavy atom. The molecule has 2 N–H and O–H groups in total. The zero-order chi connectivity index (χ0) is 19.2. The number of rotatable bonds is 7. The first-order valence-corrected chi connectivity index (χ1v) is 9.29. The molecule has 2 amide bonds. The van der Waals surface area contributed by atoms with Crippen molar-refractivity contribution in [3.05, 3.63) is 35.5 Å². The molecule has 1 aromatic carbocycles. The van der Waals surface area contributed by atoms with Gasteiger partial charge in [-0.2, -0.15) is 4.98 Å². The van der Waals surface area contributed by atoms with E-state index in [2.05, 4.69) is 20.8 Å². The number of benzene rings is 1. The lowest BCUT2D eigenvalue weighted by Gasteiger charge is -2.21. The summed E-state index contributed by atoms with van der Waals surface area (Å²) in [5.74, 6) is 3.01. The molecule has 0 spiro atoms. The van der Waals surface area contributed by atoms with Crippen molar-refractivity contribution >= 4 is 6.03 Å². The predicted octanol–water partition coefficient (Wildman–Crippen LogP) is 2.96. The number of carbonyl (C=O) groups is 1. The fourth-order valence-electron chi connectivity index (χ4n) is 2.71. The smallest absolute Gasteiger partial charge is 0.315 e. The van der Waals surface area contributed by atoms with Crippen LogP contribution in [0.4, 0.5) is 4.79 Å². The fraction of sp³-hybridized carbons (Fsp3) is 0.526. The molecular formula is C19H26N4O4. The van der Waals surface area contributed by atoms with Crippen molar-refractivity contribution < 1.29 is 18.8 Å². The molecule has 1 aliphatic rings. The van der Waals surface area contributed by atoms with Crippen LogP contribution in [0.15, 0.2) is 22.7 Å². The van der Waals surface area contributed by atoms with Gasteiger partial charge in [0.1, 0.15) is 13.2 Å². The van der Waals surface area contributed by atoms with Gasteiger partial charge in [-0.05, 0) is 31.0 Å². The van der Waals surface area contributed by atoms with Gasteiger partial charge >= 0.3 is 6.03 Å². The molecular weight excluding hydrogens is 348 g/mol. The average molecular weight is 374 g/mol. The first-order chi connectivity index (χ1) is 13.0. The number of aryl methyl sites for hydroxylation is 1. The molecule has 0 aliphatic carbocycles. The van der Waals surface area contributed by atoms with Crippen LogP contribution in [0, 0.1) is 0 Å². The Labute approximate surface area is 158 Å². The maximum absolute atomic E-state index is 12.1. The molecule has 8 nitrogen and oxygen atoms in total. The van der Waals surface area contributed by atoms with Crippen molar-refractivity contribution in [3.8, 4) is 11.5 Å². The van der Waals surface area contributed by atoms with E-state index >= 15 is 0 Å². The van der Waals surface area contributed by atoms with E-state index in [-0.39, 0.29) is 18.0 Å². The molecule has 1 atom stereocenters. The first-order valence-electron chi connectivity index (χ1n) is 9.29. The number of urea groups is 1. The number of nitrogens with zero attached hydrogens (tertiary/aromatic N) is 2. The van der Waals surface area contributed by atoms with Gasteiger partial charge in [-0.1, -0.05) is 25.1 Å². The van der Waals surface area contributed by atoms with Gasteiger partial charge in [0.25, 0.3) is 0 Å². The summed E-state index contributed by atoms with van der Waals surface area (Å²) >= 11 is 0. The van der Waals surface area contributed by atoms with Gasteiger partial charge in [-0.3, -0.25) is 0 Å². The molecule has 1 unspecified atom stereocenters. The van der Waals surface area contributed by atoms with Crippen LogP contribution in [-0.2, 0) is 6.42 Å². The third-order valence-electron chi connectivity index (χ3n) is 4.27. The lowest BCUT2D eigenvalue weighted by atomic mass is 10.1. The van der Waals surface area contributed by atoms with Crippen molar-refractivity contribution in [2.75, 3.05) is 19.8 Å². The minimum atomic E-state index is -0.217. The Balaban J connectivity index is 1.40. The van der Waals surface area contributed by atoms with Gasteiger partial charge < -0.3 is 24.6 Å². The summed E-state index contributed by atoms with van der Waals surface area (Å²) in [6, 6.07) is 5.34. The summed E-state index contributed by atoms with van der Waals surface area (Å²) in [5.41, 5.74) is 0.960. The quantitative estimate of drug-likeness (QED) is 0.723. The van der Waals surface area contributed by atoms with Gasteiger partial charge in [-0.25, -0.2) is 4.79 Å². The number of nitrogens with one attached hydrogen (secondary N) is 2. The van der Waals surface area contributed by atoms with Crippen molar-refractivity contribution in [2.24, 2.45) is 0 Å². The third-order valence-corrected chi connectivity index (χ3v) is 4.27. The summed E-state index contributed by atoms with van der Waals surface area (Å²) in [5, 5.41) is 9.70. The Morgan fingerprint density at radius 2 is 1.96 bits per heavy atom. The van der Waals surface area contributed by atoms with E-state index in [1.807, 2.05) is 39.0 Å². The van der Waals surface area contributed by atoms with Crippen LogP contribution in [0.1, 0.15) is 56.4 Å². The summed E-state index contributed by atoms with van der Waals surface area (Å²) < 4.78 is 16.3. The number of hydrogen-bond donors (Lipinski definition) is 2. The zero-order valence-electron chi connectivity index (χ0n) is 15.9. The van der Waals surface area contributed by atoms with Crippen molar-refractivity contribution in [1.82, 2.24) is 20.8 Å². The highest BCUT2D eigenvalue weighted by molar-refractivity contribution is 5.74. The van der Waals surface area contributed by atoms with Gasteiger partial charge in [0.15, 0.2) is 17.3 Å². The van der Waals surface area contributed by atoms with E-state index in [4.69, 9.17) is 14.0 Å². The molecule has 2 heterocycles. The van der Waals surface area contributed by atoms with Crippen LogP contribution < -0.4 is 20.1 Å². The van der Waals surface area contributed by atoms with Crippen molar-refractivity contribution in [1.29, 1.82) is 0 Å². The first kappa shape index (κ1) is 19.0. The number of aromatic nitrogens is 2. The number of hydrogen-bond acceptors (Lipinski definition) is 6. The van der Waals surface area contributed by atoms with Crippen LogP contribution >= 0.6 is 0 Å².